The lowest BCUT2D eigenvalue weighted by Gasteiger charge is -2.12. The summed E-state index contributed by atoms with van der Waals surface area (Å²) in [4.78, 5) is 0. The Bertz CT molecular complexity index is 380. The third kappa shape index (κ3) is 2.76. The lowest BCUT2D eigenvalue weighted by Crippen LogP contribution is -2.49. The van der Waals surface area contributed by atoms with Crippen molar-refractivity contribution >= 4 is 25.2 Å². The lowest BCUT2D eigenvalue weighted by atomic mass is 9.65. The van der Waals surface area contributed by atoms with Crippen molar-refractivity contribution in [2.75, 3.05) is 0 Å². The first kappa shape index (κ1) is 13.0. The van der Waals surface area contributed by atoms with Crippen LogP contribution in [0, 0.1) is 0 Å². The minimum atomic E-state index is -4.64. The summed E-state index contributed by atoms with van der Waals surface area (Å²) in [6, 6.07) is 1.86. The molecule has 9 heteroatoms. The van der Waals surface area contributed by atoms with E-state index in [2.05, 4.69) is 0 Å². The van der Waals surface area contributed by atoms with Gasteiger partial charge in [-0.05, 0) is 10.9 Å². The van der Waals surface area contributed by atoms with E-state index in [1.807, 2.05) is 0 Å². The fourth-order valence-corrected chi connectivity index (χ4v) is 1.21. The van der Waals surface area contributed by atoms with Gasteiger partial charge in [-0.15, -0.1) is 0 Å². The van der Waals surface area contributed by atoms with Gasteiger partial charge < -0.3 is 20.1 Å². The van der Waals surface area contributed by atoms with Gasteiger partial charge in [0.25, 0.3) is 0 Å². The first-order chi connectivity index (χ1) is 7.23. The highest BCUT2D eigenvalue weighted by Gasteiger charge is 2.33. The summed E-state index contributed by atoms with van der Waals surface area (Å²) in [5.41, 5.74) is -2.08. The third-order valence-corrected chi connectivity index (χ3v) is 1.97. The van der Waals surface area contributed by atoms with Gasteiger partial charge >= 0.3 is 20.4 Å². The van der Waals surface area contributed by atoms with Crippen LogP contribution < -0.4 is 10.9 Å². The van der Waals surface area contributed by atoms with Crippen LogP contribution in [0.15, 0.2) is 18.2 Å². The van der Waals surface area contributed by atoms with Crippen LogP contribution in [0.1, 0.15) is 5.56 Å². The zero-order valence-electron chi connectivity index (χ0n) is 7.81. The number of benzene rings is 1. The molecule has 0 unspecified atom stereocenters. The molecule has 0 bridgehead atoms. The number of halogens is 3. The first-order valence-corrected chi connectivity index (χ1v) is 4.17. The fraction of sp³-hybridized carbons (Fsp3) is 0.143. The summed E-state index contributed by atoms with van der Waals surface area (Å²) in [5, 5.41) is 35.2. The SMILES string of the molecule is OB(O)c1ccc(C(F)(F)F)cc1B(O)O. The van der Waals surface area contributed by atoms with E-state index in [0.29, 0.717) is 12.1 Å². The van der Waals surface area contributed by atoms with E-state index in [-0.39, 0.29) is 5.46 Å². The van der Waals surface area contributed by atoms with Gasteiger partial charge in [0.15, 0.2) is 0 Å². The van der Waals surface area contributed by atoms with E-state index in [4.69, 9.17) is 20.1 Å². The summed E-state index contributed by atoms with van der Waals surface area (Å²) in [5.74, 6) is 0. The molecule has 0 spiro atoms. The molecule has 0 heterocycles. The lowest BCUT2D eigenvalue weighted by molar-refractivity contribution is -0.137. The number of rotatable bonds is 2. The quantitative estimate of drug-likeness (QED) is 0.449. The van der Waals surface area contributed by atoms with Crippen molar-refractivity contribution in [2.45, 2.75) is 6.18 Å². The van der Waals surface area contributed by atoms with Crippen LogP contribution in [0.4, 0.5) is 13.2 Å². The van der Waals surface area contributed by atoms with E-state index >= 15 is 0 Å². The van der Waals surface area contributed by atoms with Gasteiger partial charge in [-0.25, -0.2) is 0 Å². The summed E-state index contributed by atoms with van der Waals surface area (Å²) in [6.07, 6.45) is -4.64. The Morgan fingerprint density at radius 1 is 0.875 bits per heavy atom. The molecule has 4 N–H and O–H groups in total. The monoisotopic (exact) mass is 234 g/mol. The predicted octanol–water partition coefficient (Wildman–Crippen LogP) is -1.94. The van der Waals surface area contributed by atoms with Crippen LogP contribution in [-0.2, 0) is 6.18 Å². The van der Waals surface area contributed by atoms with Gasteiger partial charge in [0, 0.05) is 0 Å². The molecule has 1 aromatic rings. The first-order valence-electron chi connectivity index (χ1n) is 4.17. The zero-order chi connectivity index (χ0) is 12.5. The summed E-state index contributed by atoms with van der Waals surface area (Å²) < 4.78 is 36.8. The molecular weight excluding hydrogens is 227 g/mol. The average Bonchev–Trinajstić information content (AvgIpc) is 2.15. The predicted molar refractivity (Wildman–Crippen MR) is 51.1 cm³/mol. The molecule has 0 radical (unpaired) electrons. The van der Waals surface area contributed by atoms with Crippen LogP contribution in [0.3, 0.4) is 0 Å². The normalized spacial score (nSPS) is 11.4. The molecular formula is C7H7B2F3O4. The molecule has 0 saturated carbocycles. The maximum absolute atomic E-state index is 12.3. The van der Waals surface area contributed by atoms with Gasteiger partial charge in [0.1, 0.15) is 0 Å². The second-order valence-corrected chi connectivity index (χ2v) is 3.09. The standard InChI is InChI=1S/C7H7B2F3O4/c10-7(11,12)4-1-2-5(8(13)14)6(3-4)9(15)16/h1-3,13-16H. The second kappa shape index (κ2) is 4.46. The van der Waals surface area contributed by atoms with Gasteiger partial charge in [-0.2, -0.15) is 13.2 Å². The van der Waals surface area contributed by atoms with E-state index in [1.54, 1.807) is 0 Å². The highest BCUT2D eigenvalue weighted by molar-refractivity contribution is 6.71. The summed E-state index contributed by atoms with van der Waals surface area (Å²) in [6.45, 7) is 0. The molecule has 0 aliphatic carbocycles. The van der Waals surface area contributed by atoms with E-state index in [1.165, 1.54) is 0 Å². The fourth-order valence-electron chi connectivity index (χ4n) is 1.21. The van der Waals surface area contributed by atoms with E-state index in [0.717, 1.165) is 6.07 Å². The molecule has 86 valence electrons. The topological polar surface area (TPSA) is 80.9 Å². The van der Waals surface area contributed by atoms with E-state index < -0.39 is 31.4 Å². The van der Waals surface area contributed by atoms with Crippen molar-refractivity contribution in [3.63, 3.8) is 0 Å². The van der Waals surface area contributed by atoms with Gasteiger partial charge in [0.2, 0.25) is 0 Å². The Hall–Kier alpha value is -1.02. The largest absolute Gasteiger partial charge is 0.488 e. The molecule has 0 aliphatic rings. The highest BCUT2D eigenvalue weighted by Crippen LogP contribution is 2.27. The minimum absolute atomic E-state index is 0.386. The Morgan fingerprint density at radius 3 is 1.75 bits per heavy atom. The molecule has 0 saturated heterocycles. The van der Waals surface area contributed by atoms with Crippen molar-refractivity contribution in [1.82, 2.24) is 0 Å². The van der Waals surface area contributed by atoms with Crippen LogP contribution in [0.25, 0.3) is 0 Å². The minimum Gasteiger partial charge on any atom is -0.423 e. The maximum Gasteiger partial charge on any atom is 0.488 e. The molecule has 4 nitrogen and oxygen atoms in total. The van der Waals surface area contributed by atoms with E-state index in [9.17, 15) is 13.2 Å². The van der Waals surface area contributed by atoms with Crippen molar-refractivity contribution in [1.29, 1.82) is 0 Å². The molecule has 1 rings (SSSR count). The van der Waals surface area contributed by atoms with Crippen LogP contribution in [0.5, 0.6) is 0 Å². The molecule has 1 aromatic carbocycles. The molecule has 0 aromatic heterocycles. The Labute approximate surface area is 89.3 Å². The molecule has 0 fully saturated rings. The van der Waals surface area contributed by atoms with Gasteiger partial charge in [0.05, 0.1) is 5.56 Å². The van der Waals surface area contributed by atoms with Crippen molar-refractivity contribution in [2.24, 2.45) is 0 Å². The molecule has 0 aliphatic heterocycles. The smallest absolute Gasteiger partial charge is 0.423 e. The zero-order valence-corrected chi connectivity index (χ0v) is 7.81. The number of hydrogen-bond donors (Lipinski definition) is 4. The summed E-state index contributed by atoms with van der Waals surface area (Å²) >= 11 is 0. The maximum atomic E-state index is 12.3. The van der Waals surface area contributed by atoms with Crippen molar-refractivity contribution in [3.8, 4) is 0 Å². The second-order valence-electron chi connectivity index (χ2n) is 3.09. The van der Waals surface area contributed by atoms with Crippen LogP contribution >= 0.6 is 0 Å². The Kier molecular flexibility index (Phi) is 3.64. The number of hydrogen-bond acceptors (Lipinski definition) is 4. The molecule has 0 amide bonds. The third-order valence-electron chi connectivity index (χ3n) is 1.97. The van der Waals surface area contributed by atoms with Crippen molar-refractivity contribution in [3.05, 3.63) is 23.8 Å². The van der Waals surface area contributed by atoms with Gasteiger partial charge in [-0.1, -0.05) is 18.2 Å². The number of alkyl halides is 3. The summed E-state index contributed by atoms with van der Waals surface area (Å²) in [7, 11) is -4.28. The van der Waals surface area contributed by atoms with Crippen LogP contribution in [0.2, 0.25) is 0 Å². The average molecular weight is 234 g/mol. The Morgan fingerprint density at radius 2 is 1.38 bits per heavy atom. The van der Waals surface area contributed by atoms with Gasteiger partial charge in [-0.3, -0.25) is 0 Å². The molecule has 16 heavy (non-hydrogen) atoms. The van der Waals surface area contributed by atoms with Crippen LogP contribution in [-0.4, -0.2) is 34.3 Å². The highest BCUT2D eigenvalue weighted by atomic mass is 19.4. The van der Waals surface area contributed by atoms with Crippen molar-refractivity contribution < 1.29 is 33.3 Å². The Balaban J connectivity index is 3.29. The molecule has 0 atom stereocenters.